The van der Waals surface area contributed by atoms with Gasteiger partial charge in [0.2, 0.25) is 0 Å². The van der Waals surface area contributed by atoms with Crippen molar-refractivity contribution >= 4 is 34.7 Å². The molecule has 0 saturated heterocycles. The second-order valence-corrected chi connectivity index (χ2v) is 5.30. The summed E-state index contributed by atoms with van der Waals surface area (Å²) < 4.78 is 0. The number of nitrogens with one attached hydrogen (secondary N) is 1. The molecule has 15 heavy (non-hydrogen) atoms. The summed E-state index contributed by atoms with van der Waals surface area (Å²) in [5, 5.41) is 4.72. The number of thiophene rings is 1. The number of thioether (sulfide) groups is 1. The molecule has 1 amide bonds. The molecule has 0 fully saturated rings. The van der Waals surface area contributed by atoms with Crippen LogP contribution in [0.3, 0.4) is 0 Å². The van der Waals surface area contributed by atoms with Gasteiger partial charge >= 0.3 is 0 Å². The summed E-state index contributed by atoms with van der Waals surface area (Å²) in [6, 6.07) is 1.75. The van der Waals surface area contributed by atoms with Crippen molar-refractivity contribution in [3.63, 3.8) is 0 Å². The maximum atomic E-state index is 11.6. The van der Waals surface area contributed by atoms with Crippen LogP contribution < -0.4 is 11.1 Å². The summed E-state index contributed by atoms with van der Waals surface area (Å²) in [4.78, 5) is 12.3. The van der Waals surface area contributed by atoms with Crippen LogP contribution in [0.25, 0.3) is 0 Å². The first-order valence-electron chi connectivity index (χ1n) is 4.75. The third-order valence-corrected chi connectivity index (χ3v) is 3.80. The van der Waals surface area contributed by atoms with Crippen molar-refractivity contribution in [2.24, 2.45) is 5.92 Å². The van der Waals surface area contributed by atoms with Crippen molar-refractivity contribution < 1.29 is 4.79 Å². The number of nitrogen functional groups attached to an aromatic ring is 1. The first kappa shape index (κ1) is 12.4. The Morgan fingerprint density at radius 2 is 2.47 bits per heavy atom. The topological polar surface area (TPSA) is 55.1 Å². The Bertz CT molecular complexity index is 325. The Kier molecular flexibility index (Phi) is 4.98. The van der Waals surface area contributed by atoms with E-state index in [1.165, 1.54) is 11.3 Å². The van der Waals surface area contributed by atoms with Gasteiger partial charge in [0.05, 0.1) is 5.69 Å². The minimum Gasteiger partial charge on any atom is -0.397 e. The van der Waals surface area contributed by atoms with Crippen molar-refractivity contribution in [3.05, 3.63) is 16.3 Å². The molecule has 84 valence electrons. The predicted molar refractivity (Wildman–Crippen MR) is 68.6 cm³/mol. The van der Waals surface area contributed by atoms with Gasteiger partial charge in [-0.05, 0) is 29.4 Å². The number of amides is 1. The molecule has 0 spiro atoms. The molecule has 0 aliphatic heterocycles. The zero-order chi connectivity index (χ0) is 11.3. The summed E-state index contributed by atoms with van der Waals surface area (Å²) in [5.41, 5.74) is 6.22. The van der Waals surface area contributed by atoms with Gasteiger partial charge in [0.15, 0.2) is 0 Å². The number of hydrogen-bond acceptors (Lipinski definition) is 4. The minimum atomic E-state index is -0.0598. The van der Waals surface area contributed by atoms with Crippen LogP contribution in [-0.4, -0.2) is 24.5 Å². The van der Waals surface area contributed by atoms with E-state index in [1.54, 1.807) is 17.8 Å². The molecule has 1 unspecified atom stereocenters. The van der Waals surface area contributed by atoms with E-state index < -0.39 is 0 Å². The van der Waals surface area contributed by atoms with Crippen LogP contribution in [0.4, 0.5) is 5.69 Å². The van der Waals surface area contributed by atoms with E-state index in [-0.39, 0.29) is 5.91 Å². The fourth-order valence-corrected chi connectivity index (χ4v) is 2.62. The quantitative estimate of drug-likeness (QED) is 0.833. The van der Waals surface area contributed by atoms with Crippen molar-refractivity contribution in [2.45, 2.75) is 6.92 Å². The van der Waals surface area contributed by atoms with Crippen LogP contribution in [-0.2, 0) is 0 Å². The van der Waals surface area contributed by atoms with E-state index in [4.69, 9.17) is 5.73 Å². The molecule has 0 radical (unpaired) electrons. The average Bonchev–Trinajstić information content (AvgIpc) is 2.61. The van der Waals surface area contributed by atoms with Crippen LogP contribution >= 0.6 is 23.1 Å². The SMILES string of the molecule is CSCC(C)CNC(=O)c1sccc1N. The van der Waals surface area contributed by atoms with Gasteiger partial charge in [-0.25, -0.2) is 0 Å². The Hall–Kier alpha value is -0.680. The monoisotopic (exact) mass is 244 g/mol. The average molecular weight is 244 g/mol. The maximum absolute atomic E-state index is 11.6. The highest BCUT2D eigenvalue weighted by molar-refractivity contribution is 7.98. The molecule has 5 heteroatoms. The number of hydrogen-bond donors (Lipinski definition) is 2. The largest absolute Gasteiger partial charge is 0.397 e. The third-order valence-electron chi connectivity index (χ3n) is 1.96. The lowest BCUT2D eigenvalue weighted by molar-refractivity contribution is 0.0954. The summed E-state index contributed by atoms with van der Waals surface area (Å²) in [5.74, 6) is 1.49. The summed E-state index contributed by atoms with van der Waals surface area (Å²) in [6.45, 7) is 2.82. The Balaban J connectivity index is 2.40. The fourth-order valence-electron chi connectivity index (χ4n) is 1.19. The van der Waals surface area contributed by atoms with Gasteiger partial charge in [0.25, 0.3) is 5.91 Å². The molecule has 1 rings (SSSR count). The molecule has 1 atom stereocenters. The van der Waals surface area contributed by atoms with E-state index in [2.05, 4.69) is 18.5 Å². The minimum absolute atomic E-state index is 0.0598. The summed E-state index contributed by atoms with van der Waals surface area (Å²) in [6.07, 6.45) is 2.07. The van der Waals surface area contributed by atoms with E-state index in [0.717, 1.165) is 5.75 Å². The first-order valence-corrected chi connectivity index (χ1v) is 7.02. The number of anilines is 1. The first-order chi connectivity index (χ1) is 7.15. The van der Waals surface area contributed by atoms with Gasteiger partial charge in [-0.2, -0.15) is 11.8 Å². The van der Waals surface area contributed by atoms with Gasteiger partial charge in [-0.3, -0.25) is 4.79 Å². The standard InChI is InChI=1S/C10H16N2OS2/c1-7(6-14-2)5-12-10(13)9-8(11)3-4-15-9/h3-4,7H,5-6,11H2,1-2H3,(H,12,13). The molecule has 0 bridgehead atoms. The molecule has 1 heterocycles. The zero-order valence-corrected chi connectivity index (χ0v) is 10.6. The molecular formula is C10H16N2OS2. The molecule has 0 aliphatic rings. The molecular weight excluding hydrogens is 228 g/mol. The summed E-state index contributed by atoms with van der Waals surface area (Å²) in [7, 11) is 0. The van der Waals surface area contributed by atoms with E-state index in [1.807, 2.05) is 5.38 Å². The molecule has 0 aliphatic carbocycles. The lowest BCUT2D eigenvalue weighted by Crippen LogP contribution is -2.28. The lowest BCUT2D eigenvalue weighted by atomic mass is 10.2. The Morgan fingerprint density at radius 3 is 3.00 bits per heavy atom. The smallest absolute Gasteiger partial charge is 0.263 e. The van der Waals surface area contributed by atoms with Gasteiger partial charge in [-0.15, -0.1) is 11.3 Å². The molecule has 1 aromatic rings. The van der Waals surface area contributed by atoms with E-state index in [0.29, 0.717) is 23.0 Å². The van der Waals surface area contributed by atoms with Gasteiger partial charge in [-0.1, -0.05) is 6.92 Å². The number of rotatable bonds is 5. The van der Waals surface area contributed by atoms with Gasteiger partial charge in [0, 0.05) is 6.54 Å². The predicted octanol–water partition coefficient (Wildman–Crippen LogP) is 2.06. The van der Waals surface area contributed by atoms with E-state index in [9.17, 15) is 4.79 Å². The molecule has 3 N–H and O–H groups in total. The molecule has 3 nitrogen and oxygen atoms in total. The van der Waals surface area contributed by atoms with Crippen molar-refractivity contribution in [2.75, 3.05) is 24.3 Å². The van der Waals surface area contributed by atoms with Crippen molar-refractivity contribution in [3.8, 4) is 0 Å². The number of nitrogens with two attached hydrogens (primary N) is 1. The number of carbonyl (C=O) groups excluding carboxylic acids is 1. The fraction of sp³-hybridized carbons (Fsp3) is 0.500. The van der Waals surface area contributed by atoms with Crippen LogP contribution in [0.1, 0.15) is 16.6 Å². The highest BCUT2D eigenvalue weighted by Crippen LogP contribution is 2.18. The van der Waals surface area contributed by atoms with Crippen LogP contribution in [0, 0.1) is 5.92 Å². The second kappa shape index (κ2) is 6.02. The van der Waals surface area contributed by atoms with Gasteiger partial charge < -0.3 is 11.1 Å². The zero-order valence-electron chi connectivity index (χ0n) is 8.95. The second-order valence-electron chi connectivity index (χ2n) is 3.48. The van der Waals surface area contributed by atoms with Crippen LogP contribution in [0.15, 0.2) is 11.4 Å². The Morgan fingerprint density at radius 1 is 1.73 bits per heavy atom. The van der Waals surface area contributed by atoms with Crippen LogP contribution in [0.5, 0.6) is 0 Å². The van der Waals surface area contributed by atoms with Gasteiger partial charge in [0.1, 0.15) is 4.88 Å². The number of carbonyl (C=O) groups is 1. The van der Waals surface area contributed by atoms with Crippen LogP contribution in [0.2, 0.25) is 0 Å². The van der Waals surface area contributed by atoms with Crippen molar-refractivity contribution in [1.82, 2.24) is 5.32 Å². The molecule has 1 aromatic heterocycles. The summed E-state index contributed by atoms with van der Waals surface area (Å²) >= 11 is 3.17. The maximum Gasteiger partial charge on any atom is 0.263 e. The highest BCUT2D eigenvalue weighted by atomic mass is 32.2. The highest BCUT2D eigenvalue weighted by Gasteiger charge is 2.11. The lowest BCUT2D eigenvalue weighted by Gasteiger charge is -2.10. The normalized spacial score (nSPS) is 12.4. The van der Waals surface area contributed by atoms with E-state index >= 15 is 0 Å². The molecule has 0 aromatic carbocycles. The van der Waals surface area contributed by atoms with Crippen molar-refractivity contribution in [1.29, 1.82) is 0 Å². The Labute approximate surface area is 98.4 Å². The molecule has 0 saturated carbocycles. The third kappa shape index (κ3) is 3.76.